The highest BCUT2D eigenvalue weighted by Gasteiger charge is 2.38. The molecule has 3 heteroatoms. The average molecular weight is 259 g/mol. The minimum Gasteiger partial charge on any atom is -0.313 e. The fraction of sp³-hybridized carbons (Fsp3) is 1.00. The summed E-state index contributed by atoms with van der Waals surface area (Å²) in [5, 5.41) is 3.87. The molecule has 1 aliphatic rings. The van der Waals surface area contributed by atoms with Crippen LogP contribution in [-0.2, 0) is 10.8 Å². The van der Waals surface area contributed by atoms with Crippen LogP contribution in [0.4, 0.5) is 0 Å². The van der Waals surface area contributed by atoms with E-state index in [-0.39, 0.29) is 5.25 Å². The zero-order valence-electron chi connectivity index (χ0n) is 12.3. The summed E-state index contributed by atoms with van der Waals surface area (Å²) in [4.78, 5) is 0. The van der Waals surface area contributed by atoms with Gasteiger partial charge in [0.1, 0.15) is 0 Å². The molecule has 0 radical (unpaired) electrons. The molecule has 1 N–H and O–H groups in total. The zero-order valence-corrected chi connectivity index (χ0v) is 13.1. The largest absolute Gasteiger partial charge is 0.313 e. The van der Waals surface area contributed by atoms with Crippen LogP contribution >= 0.6 is 0 Å². The van der Waals surface area contributed by atoms with Crippen LogP contribution in [0.25, 0.3) is 0 Å². The van der Waals surface area contributed by atoms with Gasteiger partial charge in [-0.05, 0) is 37.0 Å². The molecule has 1 saturated carbocycles. The summed E-state index contributed by atoms with van der Waals surface area (Å²) in [6.45, 7) is 12.4. The molecule has 0 bridgehead atoms. The van der Waals surface area contributed by atoms with Gasteiger partial charge in [-0.1, -0.05) is 27.7 Å². The second kappa shape index (κ2) is 5.40. The molecule has 0 saturated heterocycles. The summed E-state index contributed by atoms with van der Waals surface area (Å²) in [7, 11) is -0.716. The highest BCUT2D eigenvalue weighted by atomic mass is 32.2. The standard InChI is InChI=1S/C14H29NOS/c1-11(17(6)16)9-15-12-7-13(2,3)10-14(4,5)8-12/h11-12,15H,7-10H2,1-6H3. The van der Waals surface area contributed by atoms with Crippen LogP contribution in [0.2, 0.25) is 0 Å². The molecular formula is C14H29NOS. The Balaban J connectivity index is 2.51. The predicted octanol–water partition coefficient (Wildman–Crippen LogP) is 2.95. The second-order valence-corrected chi connectivity index (χ2v) is 9.13. The number of nitrogens with one attached hydrogen (secondary N) is 1. The smallest absolute Gasteiger partial charge is 0.0441 e. The molecule has 2 atom stereocenters. The quantitative estimate of drug-likeness (QED) is 0.841. The number of hydrogen-bond acceptors (Lipinski definition) is 2. The van der Waals surface area contributed by atoms with Crippen molar-refractivity contribution in [1.29, 1.82) is 0 Å². The summed E-state index contributed by atoms with van der Waals surface area (Å²) in [5.41, 5.74) is 0.849. The van der Waals surface area contributed by atoms with Crippen LogP contribution < -0.4 is 5.32 Å². The minimum atomic E-state index is -0.716. The first-order valence-corrected chi connectivity index (χ1v) is 8.29. The van der Waals surface area contributed by atoms with Crippen molar-refractivity contribution in [3.8, 4) is 0 Å². The van der Waals surface area contributed by atoms with Gasteiger partial charge in [0.25, 0.3) is 0 Å². The maximum atomic E-state index is 11.3. The monoisotopic (exact) mass is 259 g/mol. The van der Waals surface area contributed by atoms with Crippen molar-refractivity contribution in [3.05, 3.63) is 0 Å². The molecule has 1 fully saturated rings. The molecule has 0 spiro atoms. The third kappa shape index (κ3) is 5.09. The summed E-state index contributed by atoms with van der Waals surface area (Å²) in [6, 6.07) is 0.583. The Kier molecular flexibility index (Phi) is 4.81. The number of hydrogen-bond donors (Lipinski definition) is 1. The van der Waals surface area contributed by atoms with E-state index < -0.39 is 10.8 Å². The Morgan fingerprint density at radius 1 is 1.24 bits per heavy atom. The molecule has 1 rings (SSSR count). The molecule has 17 heavy (non-hydrogen) atoms. The Morgan fingerprint density at radius 3 is 2.12 bits per heavy atom. The van der Waals surface area contributed by atoms with E-state index in [9.17, 15) is 4.21 Å². The average Bonchev–Trinajstić information content (AvgIpc) is 2.08. The van der Waals surface area contributed by atoms with E-state index in [4.69, 9.17) is 0 Å². The van der Waals surface area contributed by atoms with Gasteiger partial charge in [0.15, 0.2) is 0 Å². The summed E-state index contributed by atoms with van der Waals surface area (Å²) >= 11 is 0. The maximum absolute atomic E-state index is 11.3. The lowest BCUT2D eigenvalue weighted by Gasteiger charge is -2.45. The molecule has 0 amide bonds. The SMILES string of the molecule is CC(CNC1CC(C)(C)CC(C)(C)C1)S(C)=O. The van der Waals surface area contributed by atoms with Crippen molar-refractivity contribution in [1.82, 2.24) is 5.32 Å². The highest BCUT2D eigenvalue weighted by molar-refractivity contribution is 7.84. The lowest BCUT2D eigenvalue weighted by Crippen LogP contribution is -2.46. The lowest BCUT2D eigenvalue weighted by atomic mass is 9.63. The minimum absolute atomic E-state index is 0.253. The van der Waals surface area contributed by atoms with Gasteiger partial charge in [0.05, 0.1) is 0 Å². The van der Waals surface area contributed by atoms with E-state index in [1.807, 2.05) is 0 Å². The van der Waals surface area contributed by atoms with E-state index in [0.717, 1.165) is 6.54 Å². The molecule has 0 aromatic heterocycles. The third-order valence-corrected chi connectivity index (χ3v) is 5.12. The fourth-order valence-corrected chi connectivity index (χ4v) is 3.77. The Hall–Kier alpha value is 0.110. The van der Waals surface area contributed by atoms with Crippen molar-refractivity contribution in [2.24, 2.45) is 10.8 Å². The van der Waals surface area contributed by atoms with Gasteiger partial charge in [-0.3, -0.25) is 4.21 Å². The molecule has 102 valence electrons. The van der Waals surface area contributed by atoms with Gasteiger partial charge >= 0.3 is 0 Å². The van der Waals surface area contributed by atoms with Crippen LogP contribution in [0.3, 0.4) is 0 Å². The molecule has 0 aliphatic heterocycles. The van der Waals surface area contributed by atoms with Crippen molar-refractivity contribution < 1.29 is 4.21 Å². The molecular weight excluding hydrogens is 230 g/mol. The predicted molar refractivity (Wildman–Crippen MR) is 76.7 cm³/mol. The normalized spacial score (nSPS) is 27.6. The topological polar surface area (TPSA) is 29.1 Å². The first-order valence-electron chi connectivity index (χ1n) is 6.67. The van der Waals surface area contributed by atoms with E-state index >= 15 is 0 Å². The van der Waals surface area contributed by atoms with Crippen LogP contribution in [0, 0.1) is 10.8 Å². The van der Waals surface area contributed by atoms with Gasteiger partial charge in [0, 0.05) is 34.9 Å². The van der Waals surface area contributed by atoms with E-state index in [2.05, 4.69) is 39.9 Å². The molecule has 0 aromatic carbocycles. The van der Waals surface area contributed by atoms with E-state index in [0.29, 0.717) is 16.9 Å². The second-order valence-electron chi connectivity index (χ2n) is 7.33. The van der Waals surface area contributed by atoms with Crippen LogP contribution in [0.15, 0.2) is 0 Å². The van der Waals surface area contributed by atoms with Crippen LogP contribution in [0.5, 0.6) is 0 Å². The van der Waals surface area contributed by atoms with E-state index in [1.54, 1.807) is 6.26 Å². The van der Waals surface area contributed by atoms with E-state index in [1.165, 1.54) is 19.3 Å². The zero-order chi connectivity index (χ0) is 13.3. The Morgan fingerprint density at radius 2 is 1.71 bits per heavy atom. The lowest BCUT2D eigenvalue weighted by molar-refractivity contribution is 0.0854. The Bertz CT molecular complexity index is 270. The molecule has 2 unspecified atom stereocenters. The first-order chi connectivity index (χ1) is 7.61. The van der Waals surface area contributed by atoms with Gasteiger partial charge in [-0.15, -0.1) is 0 Å². The van der Waals surface area contributed by atoms with Gasteiger partial charge in [-0.2, -0.15) is 0 Å². The number of rotatable bonds is 4. The third-order valence-electron chi connectivity index (χ3n) is 3.82. The van der Waals surface area contributed by atoms with Crippen LogP contribution in [0.1, 0.15) is 53.9 Å². The van der Waals surface area contributed by atoms with Gasteiger partial charge in [0.2, 0.25) is 0 Å². The molecule has 2 nitrogen and oxygen atoms in total. The molecule has 0 heterocycles. The van der Waals surface area contributed by atoms with Crippen molar-refractivity contribution in [2.75, 3.05) is 12.8 Å². The molecule has 1 aliphatic carbocycles. The summed E-state index contributed by atoms with van der Waals surface area (Å²) < 4.78 is 11.3. The van der Waals surface area contributed by atoms with Crippen LogP contribution in [-0.4, -0.2) is 28.3 Å². The van der Waals surface area contributed by atoms with Gasteiger partial charge < -0.3 is 5.32 Å². The van der Waals surface area contributed by atoms with Crippen molar-refractivity contribution in [3.63, 3.8) is 0 Å². The fourth-order valence-electron chi connectivity index (χ4n) is 3.44. The summed E-state index contributed by atoms with van der Waals surface area (Å²) in [5.74, 6) is 0. The van der Waals surface area contributed by atoms with Crippen molar-refractivity contribution in [2.45, 2.75) is 65.2 Å². The first kappa shape index (κ1) is 15.2. The maximum Gasteiger partial charge on any atom is 0.0441 e. The highest BCUT2D eigenvalue weighted by Crippen LogP contribution is 2.45. The van der Waals surface area contributed by atoms with Gasteiger partial charge in [-0.25, -0.2) is 0 Å². The Labute approximate surface area is 109 Å². The summed E-state index contributed by atoms with van der Waals surface area (Å²) in [6.07, 6.45) is 5.56. The van der Waals surface area contributed by atoms with Crippen molar-refractivity contribution >= 4 is 10.8 Å². The molecule has 0 aromatic rings.